The average molecular weight is 281 g/mol. The van der Waals surface area contributed by atoms with Gasteiger partial charge in [-0.15, -0.1) is 0 Å². The molecule has 0 heterocycles. The maximum absolute atomic E-state index is 12.1. The van der Waals surface area contributed by atoms with Crippen LogP contribution in [-0.4, -0.2) is 16.1 Å². The summed E-state index contributed by atoms with van der Waals surface area (Å²) < 4.78 is 11.4. The number of hydrogen-bond acceptors (Lipinski definition) is 3. The number of rotatable bonds is 7. The first-order valence-electron chi connectivity index (χ1n) is 4.23. The van der Waals surface area contributed by atoms with Crippen LogP contribution in [0.15, 0.2) is 0 Å². The van der Waals surface area contributed by atoms with Gasteiger partial charge in [0, 0.05) is 11.5 Å². The molecule has 0 saturated carbocycles. The van der Waals surface area contributed by atoms with Crippen molar-refractivity contribution < 1.29 is 4.57 Å². The maximum Gasteiger partial charge on any atom is 0.222 e. The molecule has 1 nitrogen and oxygen atoms in total. The molecule has 80 valence electrons. The summed E-state index contributed by atoms with van der Waals surface area (Å²) in [5.41, 5.74) is -2.46. The van der Waals surface area contributed by atoms with Gasteiger partial charge in [0.2, 0.25) is 5.55 Å². The van der Waals surface area contributed by atoms with Crippen molar-refractivity contribution in [3.8, 4) is 0 Å². The Bertz CT molecular complexity index is 166. The lowest BCUT2D eigenvalue weighted by Crippen LogP contribution is -1.87. The highest BCUT2D eigenvalue weighted by atomic mass is 35.5. The minimum Gasteiger partial charge on any atom is -0.298 e. The van der Waals surface area contributed by atoms with Crippen LogP contribution in [0.5, 0.6) is 0 Å². The Kier molecular flexibility index (Phi) is 8.66. The highest BCUT2D eigenvalue weighted by molar-refractivity contribution is 8.91. The predicted octanol–water partition coefficient (Wildman–Crippen LogP) is 5.23. The second-order valence-corrected chi connectivity index (χ2v) is 12.6. The molecule has 13 heavy (non-hydrogen) atoms. The Hall–Kier alpha value is 1.51. The van der Waals surface area contributed by atoms with Gasteiger partial charge in [-0.25, -0.2) is 0 Å². The van der Waals surface area contributed by atoms with Crippen LogP contribution in [0.4, 0.5) is 0 Å². The van der Waals surface area contributed by atoms with Crippen LogP contribution in [0.25, 0.3) is 0 Å². The van der Waals surface area contributed by atoms with E-state index in [1.54, 1.807) is 0 Å². The smallest absolute Gasteiger partial charge is 0.222 e. The van der Waals surface area contributed by atoms with Crippen molar-refractivity contribution in [2.75, 3.05) is 11.5 Å². The lowest BCUT2D eigenvalue weighted by molar-refractivity contribution is 0.595. The standard InChI is InChI=1S/C7H15Cl2OPS2/c1-3-5-12-11(10,7(8)9)13-6-4-2/h7H,3-6H2,1-2H3. The van der Waals surface area contributed by atoms with Gasteiger partial charge < -0.3 is 0 Å². The van der Waals surface area contributed by atoms with Gasteiger partial charge in [0.1, 0.15) is 0 Å². The first kappa shape index (κ1) is 14.5. The lowest BCUT2D eigenvalue weighted by atomic mass is 10.6. The summed E-state index contributed by atoms with van der Waals surface area (Å²) >= 11 is 14.3. The average Bonchev–Trinajstić information content (AvgIpc) is 2.11. The van der Waals surface area contributed by atoms with Gasteiger partial charge in [0.15, 0.2) is 4.58 Å². The van der Waals surface area contributed by atoms with Crippen LogP contribution in [-0.2, 0) is 4.57 Å². The normalized spacial score (nSPS) is 12.4. The van der Waals surface area contributed by atoms with Gasteiger partial charge in [0.25, 0.3) is 0 Å². The number of halogens is 2. The van der Waals surface area contributed by atoms with Gasteiger partial charge in [-0.1, -0.05) is 59.8 Å². The van der Waals surface area contributed by atoms with Crippen LogP contribution in [0.1, 0.15) is 26.7 Å². The summed E-state index contributed by atoms with van der Waals surface area (Å²) in [6, 6.07) is 0. The molecule has 0 amide bonds. The zero-order valence-electron chi connectivity index (χ0n) is 7.83. The number of hydrogen-bond donors (Lipinski definition) is 0. The zero-order chi connectivity index (χ0) is 10.3. The third-order valence-electron chi connectivity index (χ3n) is 1.19. The summed E-state index contributed by atoms with van der Waals surface area (Å²) in [6.07, 6.45) is 2.00. The molecule has 0 unspecified atom stereocenters. The number of alkyl halides is 2. The molecular formula is C7H15Cl2OPS2. The molecule has 0 rings (SSSR count). The summed E-state index contributed by atoms with van der Waals surface area (Å²) in [5, 5.41) is 0. The highest BCUT2D eigenvalue weighted by Crippen LogP contribution is 2.74. The molecule has 6 heteroatoms. The molecule has 0 saturated heterocycles. The molecule has 0 atom stereocenters. The van der Waals surface area contributed by atoms with Gasteiger partial charge >= 0.3 is 0 Å². The maximum atomic E-state index is 12.1. The Labute approximate surface area is 98.6 Å². The van der Waals surface area contributed by atoms with Crippen molar-refractivity contribution in [2.45, 2.75) is 31.3 Å². The van der Waals surface area contributed by atoms with E-state index in [1.807, 2.05) is 0 Å². The van der Waals surface area contributed by atoms with Gasteiger partial charge in [-0.3, -0.25) is 4.57 Å². The minimum absolute atomic E-state index is 0.736. The highest BCUT2D eigenvalue weighted by Gasteiger charge is 2.30. The van der Waals surface area contributed by atoms with E-state index in [4.69, 9.17) is 23.2 Å². The molecule has 0 aliphatic carbocycles. The van der Waals surface area contributed by atoms with Crippen molar-refractivity contribution in [2.24, 2.45) is 0 Å². The van der Waals surface area contributed by atoms with E-state index in [2.05, 4.69) is 13.8 Å². The molecule has 0 aliphatic heterocycles. The molecule has 0 aliphatic rings. The zero-order valence-corrected chi connectivity index (χ0v) is 11.9. The second kappa shape index (κ2) is 7.76. The fourth-order valence-electron chi connectivity index (χ4n) is 0.587. The fourth-order valence-corrected chi connectivity index (χ4v) is 9.32. The second-order valence-electron chi connectivity index (χ2n) is 2.48. The van der Waals surface area contributed by atoms with Crippen LogP contribution in [0, 0.1) is 0 Å². The summed E-state index contributed by atoms with van der Waals surface area (Å²) in [4.78, 5) is 0. The van der Waals surface area contributed by atoms with Crippen LogP contribution >= 0.6 is 51.5 Å². The van der Waals surface area contributed by atoms with Gasteiger partial charge in [-0.05, 0) is 12.8 Å². The molecule has 0 N–H and O–H groups in total. The molecule has 0 bridgehead atoms. The van der Waals surface area contributed by atoms with Crippen molar-refractivity contribution in [1.29, 1.82) is 0 Å². The van der Waals surface area contributed by atoms with E-state index in [0.717, 1.165) is 24.3 Å². The van der Waals surface area contributed by atoms with Crippen molar-refractivity contribution in [3.63, 3.8) is 0 Å². The molecule has 0 aromatic heterocycles. The van der Waals surface area contributed by atoms with E-state index < -0.39 is 10.1 Å². The Morgan fingerprint density at radius 1 is 1.15 bits per heavy atom. The first-order chi connectivity index (χ1) is 6.06. The van der Waals surface area contributed by atoms with Crippen LogP contribution < -0.4 is 0 Å². The van der Waals surface area contributed by atoms with Crippen LogP contribution in [0.3, 0.4) is 0 Å². The van der Waals surface area contributed by atoms with E-state index in [1.165, 1.54) is 22.8 Å². The lowest BCUT2D eigenvalue weighted by Gasteiger charge is -2.16. The Morgan fingerprint density at radius 3 is 1.77 bits per heavy atom. The van der Waals surface area contributed by atoms with Gasteiger partial charge in [0.05, 0.1) is 0 Å². The van der Waals surface area contributed by atoms with Crippen molar-refractivity contribution in [3.05, 3.63) is 0 Å². The topological polar surface area (TPSA) is 17.1 Å². The minimum atomic E-state index is -2.46. The van der Waals surface area contributed by atoms with E-state index in [9.17, 15) is 4.57 Å². The molecule has 0 aromatic rings. The third-order valence-corrected chi connectivity index (χ3v) is 13.0. The Balaban J connectivity index is 4.09. The van der Waals surface area contributed by atoms with Crippen LogP contribution in [0.2, 0.25) is 0 Å². The van der Waals surface area contributed by atoms with E-state index in [-0.39, 0.29) is 0 Å². The molecular weight excluding hydrogens is 266 g/mol. The Morgan fingerprint density at radius 2 is 1.54 bits per heavy atom. The molecule has 0 spiro atoms. The summed E-state index contributed by atoms with van der Waals surface area (Å²) in [5.74, 6) is 1.73. The predicted molar refractivity (Wildman–Crippen MR) is 68.6 cm³/mol. The third kappa shape index (κ3) is 5.84. The first-order valence-corrected chi connectivity index (χ1v) is 10.1. The molecule has 0 fully saturated rings. The largest absolute Gasteiger partial charge is 0.298 e. The molecule has 0 aromatic carbocycles. The monoisotopic (exact) mass is 280 g/mol. The fraction of sp³-hybridized carbons (Fsp3) is 1.00. The quantitative estimate of drug-likeness (QED) is 0.470. The van der Waals surface area contributed by atoms with E-state index >= 15 is 0 Å². The van der Waals surface area contributed by atoms with E-state index in [0.29, 0.717) is 0 Å². The SMILES string of the molecule is CCCSP(=O)(SCCC)C(Cl)Cl. The summed E-state index contributed by atoms with van der Waals surface area (Å²) in [6.45, 7) is 4.11. The van der Waals surface area contributed by atoms with Gasteiger partial charge in [-0.2, -0.15) is 0 Å². The van der Waals surface area contributed by atoms with Crippen molar-refractivity contribution >= 4 is 51.5 Å². The van der Waals surface area contributed by atoms with Crippen molar-refractivity contribution in [1.82, 2.24) is 0 Å². The molecule has 0 radical (unpaired) electrons. The summed E-state index contributed by atoms with van der Waals surface area (Å²) in [7, 11) is 0.